The van der Waals surface area contributed by atoms with Crippen LogP contribution >= 0.6 is 0 Å². The minimum Gasteiger partial charge on any atom is -0.340 e. The summed E-state index contributed by atoms with van der Waals surface area (Å²) >= 11 is 0. The highest BCUT2D eigenvalue weighted by Gasteiger charge is 2.18. The molecule has 114 valence electrons. The monoisotopic (exact) mass is 298 g/mol. The summed E-state index contributed by atoms with van der Waals surface area (Å²) in [6, 6.07) is 0. The second-order valence-corrected chi connectivity index (χ2v) is 5.77. The molecule has 4 rings (SSSR count). The van der Waals surface area contributed by atoms with E-state index in [1.54, 1.807) is 6.33 Å². The largest absolute Gasteiger partial charge is 0.340 e. The summed E-state index contributed by atoms with van der Waals surface area (Å²) in [5.74, 6) is 1.17. The molecule has 22 heavy (non-hydrogen) atoms. The van der Waals surface area contributed by atoms with Crippen LogP contribution in [0.15, 0.2) is 17.0 Å². The molecule has 3 aromatic rings. The molecule has 0 unspecified atom stereocenters. The van der Waals surface area contributed by atoms with E-state index in [2.05, 4.69) is 25.3 Å². The summed E-state index contributed by atoms with van der Waals surface area (Å²) in [5.41, 5.74) is 4.58. The molecular weight excluding hydrogens is 280 g/mol. The number of hydrogen-bond acceptors (Lipinski definition) is 5. The summed E-state index contributed by atoms with van der Waals surface area (Å²) in [4.78, 5) is 8.64. The Morgan fingerprint density at radius 1 is 1.27 bits per heavy atom. The van der Waals surface area contributed by atoms with Gasteiger partial charge in [0.05, 0.1) is 12.0 Å². The Balaban J connectivity index is 1.46. The molecule has 1 aliphatic rings. The van der Waals surface area contributed by atoms with Crippen molar-refractivity contribution in [3.63, 3.8) is 0 Å². The van der Waals surface area contributed by atoms with Gasteiger partial charge in [0.1, 0.15) is 5.69 Å². The lowest BCUT2D eigenvalue weighted by Gasteiger charge is -2.10. The third-order valence-electron chi connectivity index (χ3n) is 4.12. The van der Waals surface area contributed by atoms with Gasteiger partial charge in [0, 0.05) is 31.8 Å². The number of aromatic amines is 1. The van der Waals surface area contributed by atoms with Gasteiger partial charge in [0.2, 0.25) is 11.7 Å². The van der Waals surface area contributed by atoms with Crippen molar-refractivity contribution < 1.29 is 4.52 Å². The number of H-pyrrole nitrogens is 1. The van der Waals surface area contributed by atoms with E-state index >= 15 is 0 Å². The number of imidazole rings is 1. The Hall–Kier alpha value is -2.44. The summed E-state index contributed by atoms with van der Waals surface area (Å²) in [6.07, 6.45) is 9.89. The van der Waals surface area contributed by atoms with Gasteiger partial charge in [-0.25, -0.2) is 4.98 Å². The molecule has 7 heteroatoms. The summed E-state index contributed by atoms with van der Waals surface area (Å²) in [7, 11) is 1.91. The number of aryl methyl sites for hydroxylation is 4. The predicted molar refractivity (Wildman–Crippen MR) is 79.1 cm³/mol. The number of aromatic nitrogens is 6. The van der Waals surface area contributed by atoms with Crippen LogP contribution in [-0.2, 0) is 32.7 Å². The maximum atomic E-state index is 5.32. The van der Waals surface area contributed by atoms with E-state index in [1.807, 2.05) is 17.8 Å². The van der Waals surface area contributed by atoms with Crippen LogP contribution < -0.4 is 0 Å². The number of fused-ring (bicyclic) bond motifs is 1. The molecule has 0 radical (unpaired) electrons. The zero-order chi connectivity index (χ0) is 14.9. The summed E-state index contributed by atoms with van der Waals surface area (Å²) < 4.78 is 7.18. The molecule has 1 N–H and O–H groups in total. The third-order valence-corrected chi connectivity index (χ3v) is 4.12. The van der Waals surface area contributed by atoms with E-state index in [-0.39, 0.29) is 0 Å². The minimum atomic E-state index is 0.541. The number of rotatable bonds is 4. The average Bonchev–Trinajstić information content (AvgIpc) is 3.24. The molecule has 3 heterocycles. The molecule has 0 bridgehead atoms. The lowest BCUT2D eigenvalue weighted by Crippen LogP contribution is -2.03. The van der Waals surface area contributed by atoms with Gasteiger partial charge in [0.15, 0.2) is 0 Å². The molecule has 1 aliphatic carbocycles. The van der Waals surface area contributed by atoms with E-state index in [0.717, 1.165) is 30.7 Å². The van der Waals surface area contributed by atoms with Crippen LogP contribution in [0.4, 0.5) is 0 Å². The smallest absolute Gasteiger partial charge is 0.227 e. The minimum absolute atomic E-state index is 0.541. The Labute approximate surface area is 127 Å². The molecule has 0 aliphatic heterocycles. The third kappa shape index (κ3) is 2.43. The quantitative estimate of drug-likeness (QED) is 0.794. The second kappa shape index (κ2) is 5.40. The molecule has 0 atom stereocenters. The van der Waals surface area contributed by atoms with Crippen LogP contribution in [0, 0.1) is 0 Å². The molecule has 0 aromatic carbocycles. The van der Waals surface area contributed by atoms with Crippen LogP contribution in [0.3, 0.4) is 0 Å². The van der Waals surface area contributed by atoms with Crippen molar-refractivity contribution in [1.29, 1.82) is 0 Å². The normalized spacial score (nSPS) is 14.2. The lowest BCUT2D eigenvalue weighted by molar-refractivity contribution is 0.378. The topological polar surface area (TPSA) is 85.4 Å². The first-order valence-corrected chi connectivity index (χ1v) is 7.65. The molecule has 0 saturated carbocycles. The van der Waals surface area contributed by atoms with Crippen molar-refractivity contribution in [2.75, 3.05) is 0 Å². The summed E-state index contributed by atoms with van der Waals surface area (Å²) in [5, 5.41) is 11.6. The van der Waals surface area contributed by atoms with Crippen LogP contribution in [0.5, 0.6) is 0 Å². The zero-order valence-electron chi connectivity index (χ0n) is 12.5. The molecule has 0 spiro atoms. The summed E-state index contributed by atoms with van der Waals surface area (Å²) in [6.45, 7) is 0. The van der Waals surface area contributed by atoms with E-state index in [9.17, 15) is 0 Å². The van der Waals surface area contributed by atoms with Gasteiger partial charge in [-0.15, -0.1) is 0 Å². The van der Waals surface area contributed by atoms with Crippen molar-refractivity contribution in [2.24, 2.45) is 7.05 Å². The Bertz CT molecular complexity index is 784. The van der Waals surface area contributed by atoms with Gasteiger partial charge in [-0.1, -0.05) is 5.16 Å². The van der Waals surface area contributed by atoms with Gasteiger partial charge in [0.25, 0.3) is 0 Å². The SMILES string of the molecule is Cn1cnc(-c2noc(CCc3n[nH]c4c3CCCC4)n2)c1. The highest BCUT2D eigenvalue weighted by Crippen LogP contribution is 2.23. The maximum absolute atomic E-state index is 5.32. The van der Waals surface area contributed by atoms with Crippen molar-refractivity contribution in [3.8, 4) is 11.5 Å². The van der Waals surface area contributed by atoms with Crippen LogP contribution in [0.2, 0.25) is 0 Å². The zero-order valence-corrected chi connectivity index (χ0v) is 12.5. The standard InChI is InChI=1S/C15H18N6O/c1-21-8-13(16-9-21)15-17-14(22-20-15)7-6-12-10-4-2-3-5-11(10)18-19-12/h8-9H,2-7H2,1H3,(H,18,19). The van der Waals surface area contributed by atoms with E-state index in [4.69, 9.17) is 4.52 Å². The molecule has 0 fully saturated rings. The fraction of sp³-hybridized carbons (Fsp3) is 0.467. The Morgan fingerprint density at radius 2 is 2.18 bits per heavy atom. The van der Waals surface area contributed by atoms with Crippen molar-refractivity contribution in [3.05, 3.63) is 35.4 Å². The average molecular weight is 298 g/mol. The predicted octanol–water partition coefficient (Wildman–Crippen LogP) is 1.86. The first kappa shape index (κ1) is 13.2. The maximum Gasteiger partial charge on any atom is 0.227 e. The molecule has 0 amide bonds. The number of nitrogens with zero attached hydrogens (tertiary/aromatic N) is 5. The van der Waals surface area contributed by atoms with Crippen LogP contribution in [-0.4, -0.2) is 29.9 Å². The highest BCUT2D eigenvalue weighted by molar-refractivity contribution is 5.46. The fourth-order valence-corrected chi connectivity index (χ4v) is 2.97. The van der Waals surface area contributed by atoms with Gasteiger partial charge in [-0.05, 0) is 31.2 Å². The van der Waals surface area contributed by atoms with Gasteiger partial charge in [-0.2, -0.15) is 10.1 Å². The van der Waals surface area contributed by atoms with Crippen LogP contribution in [0.25, 0.3) is 11.5 Å². The first-order valence-electron chi connectivity index (χ1n) is 7.65. The molecule has 3 aromatic heterocycles. The van der Waals surface area contributed by atoms with Gasteiger partial charge < -0.3 is 9.09 Å². The molecular formula is C15H18N6O. The number of hydrogen-bond donors (Lipinski definition) is 1. The van der Waals surface area contributed by atoms with E-state index in [1.165, 1.54) is 24.1 Å². The van der Waals surface area contributed by atoms with Gasteiger partial charge in [-0.3, -0.25) is 5.10 Å². The lowest BCUT2D eigenvalue weighted by atomic mass is 9.95. The highest BCUT2D eigenvalue weighted by atomic mass is 16.5. The first-order chi connectivity index (χ1) is 10.8. The number of nitrogens with one attached hydrogen (secondary N) is 1. The Kier molecular flexibility index (Phi) is 3.25. The van der Waals surface area contributed by atoms with E-state index < -0.39 is 0 Å². The fourth-order valence-electron chi connectivity index (χ4n) is 2.97. The molecule has 7 nitrogen and oxygen atoms in total. The molecule has 0 saturated heterocycles. The van der Waals surface area contributed by atoms with Crippen molar-refractivity contribution in [2.45, 2.75) is 38.5 Å². The van der Waals surface area contributed by atoms with Gasteiger partial charge >= 0.3 is 0 Å². The van der Waals surface area contributed by atoms with Crippen LogP contribution in [0.1, 0.15) is 35.7 Å². The van der Waals surface area contributed by atoms with Crippen molar-refractivity contribution >= 4 is 0 Å². The Morgan fingerprint density at radius 3 is 3.05 bits per heavy atom. The van der Waals surface area contributed by atoms with E-state index in [0.29, 0.717) is 18.1 Å². The second-order valence-electron chi connectivity index (χ2n) is 5.77. The van der Waals surface area contributed by atoms with Crippen molar-refractivity contribution in [1.82, 2.24) is 29.9 Å².